The highest BCUT2D eigenvalue weighted by atomic mass is 19.1. The van der Waals surface area contributed by atoms with E-state index in [0.717, 1.165) is 18.7 Å². The predicted molar refractivity (Wildman–Crippen MR) is 70.5 cm³/mol. The van der Waals surface area contributed by atoms with E-state index in [9.17, 15) is 4.39 Å². The van der Waals surface area contributed by atoms with Crippen molar-refractivity contribution in [3.05, 3.63) is 35.6 Å². The maximum Gasteiger partial charge on any atom is 0.126 e. The minimum atomic E-state index is -0.209. The Bertz CT molecular complexity index is 350. The minimum absolute atomic E-state index is 0.133. The van der Waals surface area contributed by atoms with Crippen LogP contribution in [0.15, 0.2) is 24.3 Å². The first kappa shape index (κ1) is 14.1. The number of nitrogens with two attached hydrogens (primary N) is 1. The number of benzene rings is 1. The second-order valence-corrected chi connectivity index (χ2v) is 5.34. The van der Waals surface area contributed by atoms with Crippen molar-refractivity contribution in [1.82, 2.24) is 5.32 Å². The highest BCUT2D eigenvalue weighted by Crippen LogP contribution is 2.24. The van der Waals surface area contributed by atoms with Crippen LogP contribution in [-0.2, 0) is 5.41 Å². The molecule has 0 heterocycles. The van der Waals surface area contributed by atoms with Gasteiger partial charge in [0.1, 0.15) is 5.82 Å². The van der Waals surface area contributed by atoms with Crippen LogP contribution in [0.1, 0.15) is 26.3 Å². The number of rotatable bonds is 6. The summed E-state index contributed by atoms with van der Waals surface area (Å²) in [7, 11) is 0. The molecular formula is C14H23FN2. The number of nitrogens with one attached hydrogen (secondary N) is 1. The molecule has 1 aromatic carbocycles. The molecule has 0 aliphatic carbocycles. The second-order valence-electron chi connectivity index (χ2n) is 5.34. The fourth-order valence-electron chi connectivity index (χ4n) is 1.82. The third-order valence-electron chi connectivity index (χ3n) is 3.07. The Morgan fingerprint density at radius 1 is 1.35 bits per heavy atom. The Morgan fingerprint density at radius 2 is 2.00 bits per heavy atom. The summed E-state index contributed by atoms with van der Waals surface area (Å²) in [6.45, 7) is 8.49. The van der Waals surface area contributed by atoms with E-state index in [1.54, 1.807) is 6.07 Å². The Labute approximate surface area is 103 Å². The van der Waals surface area contributed by atoms with Gasteiger partial charge >= 0.3 is 0 Å². The van der Waals surface area contributed by atoms with Gasteiger partial charge in [-0.15, -0.1) is 0 Å². The van der Waals surface area contributed by atoms with Gasteiger partial charge in [-0.3, -0.25) is 0 Å². The van der Waals surface area contributed by atoms with Crippen LogP contribution in [0.3, 0.4) is 0 Å². The van der Waals surface area contributed by atoms with Crippen LogP contribution < -0.4 is 11.1 Å². The zero-order chi connectivity index (χ0) is 12.9. The van der Waals surface area contributed by atoms with Crippen molar-refractivity contribution in [2.45, 2.75) is 26.2 Å². The molecule has 0 fully saturated rings. The quantitative estimate of drug-likeness (QED) is 0.798. The Morgan fingerprint density at radius 3 is 2.59 bits per heavy atom. The van der Waals surface area contributed by atoms with Gasteiger partial charge in [0.25, 0.3) is 0 Å². The van der Waals surface area contributed by atoms with Gasteiger partial charge in [0, 0.05) is 12.0 Å². The average Bonchev–Trinajstić information content (AvgIpc) is 2.28. The maximum absolute atomic E-state index is 13.7. The van der Waals surface area contributed by atoms with E-state index in [1.807, 2.05) is 26.0 Å². The normalized spacial score (nSPS) is 13.7. The van der Waals surface area contributed by atoms with E-state index < -0.39 is 0 Å². The van der Waals surface area contributed by atoms with Crippen molar-refractivity contribution >= 4 is 0 Å². The van der Waals surface area contributed by atoms with Gasteiger partial charge in [-0.1, -0.05) is 39.0 Å². The summed E-state index contributed by atoms with van der Waals surface area (Å²) < 4.78 is 13.7. The molecule has 1 aromatic rings. The highest BCUT2D eigenvalue weighted by Gasteiger charge is 2.23. The van der Waals surface area contributed by atoms with Crippen molar-refractivity contribution < 1.29 is 4.39 Å². The second kappa shape index (κ2) is 6.12. The first-order chi connectivity index (χ1) is 7.97. The molecule has 2 nitrogen and oxygen atoms in total. The van der Waals surface area contributed by atoms with Crippen molar-refractivity contribution in [3.63, 3.8) is 0 Å². The topological polar surface area (TPSA) is 38.0 Å². The Hall–Kier alpha value is -0.930. The summed E-state index contributed by atoms with van der Waals surface area (Å²) >= 11 is 0. The zero-order valence-corrected chi connectivity index (χ0v) is 11.0. The first-order valence-corrected chi connectivity index (χ1v) is 6.13. The lowest BCUT2D eigenvalue weighted by molar-refractivity contribution is 0.420. The molecule has 0 saturated carbocycles. The minimum Gasteiger partial charge on any atom is -0.330 e. The summed E-state index contributed by atoms with van der Waals surface area (Å²) in [5.41, 5.74) is 6.11. The van der Waals surface area contributed by atoms with Gasteiger partial charge < -0.3 is 11.1 Å². The van der Waals surface area contributed by atoms with Gasteiger partial charge in [-0.25, -0.2) is 4.39 Å². The highest BCUT2D eigenvalue weighted by molar-refractivity contribution is 5.25. The van der Waals surface area contributed by atoms with E-state index in [-0.39, 0.29) is 11.2 Å². The van der Waals surface area contributed by atoms with Crippen molar-refractivity contribution in [2.24, 2.45) is 11.7 Å². The van der Waals surface area contributed by atoms with Crippen molar-refractivity contribution in [1.29, 1.82) is 0 Å². The lowest BCUT2D eigenvalue weighted by Gasteiger charge is -2.27. The van der Waals surface area contributed by atoms with Crippen LogP contribution in [-0.4, -0.2) is 19.6 Å². The van der Waals surface area contributed by atoms with Crippen LogP contribution in [0.4, 0.5) is 4.39 Å². The molecule has 0 aliphatic heterocycles. The van der Waals surface area contributed by atoms with Crippen LogP contribution in [0, 0.1) is 11.7 Å². The van der Waals surface area contributed by atoms with E-state index in [2.05, 4.69) is 12.2 Å². The third-order valence-corrected chi connectivity index (χ3v) is 3.07. The van der Waals surface area contributed by atoms with Gasteiger partial charge in [0.05, 0.1) is 0 Å². The number of hydrogen-bond acceptors (Lipinski definition) is 2. The molecule has 0 bridgehead atoms. The molecule has 0 aliphatic rings. The molecule has 0 amide bonds. The molecule has 1 atom stereocenters. The maximum atomic E-state index is 13.7. The molecular weight excluding hydrogens is 215 g/mol. The van der Waals surface area contributed by atoms with Crippen LogP contribution >= 0.6 is 0 Å². The number of hydrogen-bond donors (Lipinski definition) is 2. The molecule has 3 N–H and O–H groups in total. The fraction of sp³-hybridized carbons (Fsp3) is 0.571. The largest absolute Gasteiger partial charge is 0.330 e. The standard InChI is InChI=1S/C14H23FN2/c1-11(8-16)9-17-10-14(2,3)12-6-4-5-7-13(12)15/h4-7,11,17H,8-10,16H2,1-3H3. The summed E-state index contributed by atoms with van der Waals surface area (Å²) in [6.07, 6.45) is 0. The summed E-state index contributed by atoms with van der Waals surface area (Å²) in [6, 6.07) is 6.96. The van der Waals surface area contributed by atoms with Crippen molar-refractivity contribution in [3.8, 4) is 0 Å². The molecule has 0 aromatic heterocycles. The van der Waals surface area contributed by atoms with Gasteiger partial charge in [-0.2, -0.15) is 0 Å². The van der Waals surface area contributed by atoms with Crippen LogP contribution in [0.2, 0.25) is 0 Å². The van der Waals surface area contributed by atoms with Crippen LogP contribution in [0.5, 0.6) is 0 Å². The monoisotopic (exact) mass is 238 g/mol. The summed E-state index contributed by atoms with van der Waals surface area (Å²) in [4.78, 5) is 0. The molecule has 0 spiro atoms. The van der Waals surface area contributed by atoms with Gasteiger partial charge in [0.15, 0.2) is 0 Å². The van der Waals surface area contributed by atoms with E-state index >= 15 is 0 Å². The molecule has 96 valence electrons. The smallest absolute Gasteiger partial charge is 0.126 e. The van der Waals surface area contributed by atoms with Gasteiger partial charge in [-0.05, 0) is 30.6 Å². The third kappa shape index (κ3) is 4.10. The zero-order valence-electron chi connectivity index (χ0n) is 11.0. The average molecular weight is 238 g/mol. The molecule has 1 unspecified atom stereocenters. The SMILES string of the molecule is CC(CN)CNCC(C)(C)c1ccccc1F. The molecule has 1 rings (SSSR count). The summed E-state index contributed by atoms with van der Waals surface area (Å²) in [5.74, 6) is 0.317. The number of halogens is 1. The Balaban J connectivity index is 2.60. The Kier molecular flexibility index (Phi) is 5.09. The molecule has 17 heavy (non-hydrogen) atoms. The van der Waals surface area contributed by atoms with E-state index in [4.69, 9.17) is 5.73 Å². The van der Waals surface area contributed by atoms with Gasteiger partial charge in [0.2, 0.25) is 0 Å². The first-order valence-electron chi connectivity index (χ1n) is 6.13. The van der Waals surface area contributed by atoms with E-state index in [1.165, 1.54) is 6.07 Å². The summed E-state index contributed by atoms with van der Waals surface area (Å²) in [5, 5.41) is 3.36. The molecule has 3 heteroatoms. The lowest BCUT2D eigenvalue weighted by Crippen LogP contribution is -2.37. The van der Waals surface area contributed by atoms with Crippen LogP contribution in [0.25, 0.3) is 0 Å². The lowest BCUT2D eigenvalue weighted by atomic mass is 9.84. The van der Waals surface area contributed by atoms with Crippen molar-refractivity contribution in [2.75, 3.05) is 19.6 Å². The van der Waals surface area contributed by atoms with E-state index in [0.29, 0.717) is 12.5 Å². The molecule has 0 radical (unpaired) electrons. The fourth-order valence-corrected chi connectivity index (χ4v) is 1.82. The predicted octanol–water partition coefficient (Wildman–Crippen LogP) is 2.29. The molecule has 0 saturated heterocycles.